The molecular weight excluding hydrogens is 411 g/mol. The summed E-state index contributed by atoms with van der Waals surface area (Å²) in [5.41, 5.74) is 3.38. The van der Waals surface area contributed by atoms with E-state index in [1.807, 2.05) is 24.3 Å². The molecule has 4 rings (SSSR count). The fourth-order valence-corrected chi connectivity index (χ4v) is 4.35. The Balaban J connectivity index is 1.88. The zero-order valence-corrected chi connectivity index (χ0v) is 17.4. The number of halogens is 2. The van der Waals surface area contributed by atoms with E-state index in [0.717, 1.165) is 5.56 Å². The molecule has 0 atom stereocenters. The quantitative estimate of drug-likeness (QED) is 0.284. The summed E-state index contributed by atoms with van der Waals surface area (Å²) < 4.78 is 1.55. The number of para-hydroxylation sites is 1. The molecule has 3 aromatic carbocycles. The van der Waals surface area contributed by atoms with Crippen LogP contribution in [-0.4, -0.2) is 9.55 Å². The van der Waals surface area contributed by atoms with Gasteiger partial charge in [-0.05, 0) is 42.8 Å². The van der Waals surface area contributed by atoms with Crippen molar-refractivity contribution in [3.63, 3.8) is 0 Å². The van der Waals surface area contributed by atoms with Crippen LogP contribution in [0.5, 0.6) is 0 Å². The molecule has 6 heteroatoms. The molecule has 0 spiro atoms. The minimum atomic E-state index is -0.165. The van der Waals surface area contributed by atoms with Crippen molar-refractivity contribution >= 4 is 45.9 Å². The maximum absolute atomic E-state index is 13.3. The molecule has 0 fully saturated rings. The van der Waals surface area contributed by atoms with Crippen LogP contribution < -0.4 is 5.56 Å². The van der Waals surface area contributed by atoms with Crippen molar-refractivity contribution in [3.8, 4) is 5.69 Å². The Kier molecular flexibility index (Phi) is 5.44. The highest BCUT2D eigenvalue weighted by atomic mass is 35.5. The number of hydrogen-bond acceptors (Lipinski definition) is 3. The van der Waals surface area contributed by atoms with Gasteiger partial charge in [-0.1, -0.05) is 76.9 Å². The molecule has 0 saturated carbocycles. The molecule has 0 aliphatic rings. The van der Waals surface area contributed by atoms with Gasteiger partial charge in [0.05, 0.1) is 21.6 Å². The fourth-order valence-electron chi connectivity index (χ4n) is 3.03. The molecule has 0 bridgehead atoms. The van der Waals surface area contributed by atoms with Crippen LogP contribution in [0.2, 0.25) is 10.0 Å². The molecule has 1 heterocycles. The Hall–Kier alpha value is -2.27. The second-order valence-electron chi connectivity index (χ2n) is 6.43. The smallest absolute Gasteiger partial charge is 0.266 e. The highest BCUT2D eigenvalue weighted by molar-refractivity contribution is 7.98. The van der Waals surface area contributed by atoms with Crippen molar-refractivity contribution in [2.45, 2.75) is 17.8 Å². The summed E-state index contributed by atoms with van der Waals surface area (Å²) in [6.45, 7) is 2.06. The van der Waals surface area contributed by atoms with Crippen molar-refractivity contribution < 1.29 is 0 Å². The van der Waals surface area contributed by atoms with E-state index in [2.05, 4.69) is 25.1 Å². The standard InChI is InChI=1S/C22H16Cl2N2OS/c1-14-5-4-6-15(11-14)13-28-22-25-19-8-3-2-7-17(19)21(27)26(22)20-12-16(23)9-10-18(20)24/h2-12H,13H2,1H3. The summed E-state index contributed by atoms with van der Waals surface area (Å²) in [5.74, 6) is 0.685. The van der Waals surface area contributed by atoms with E-state index < -0.39 is 0 Å². The van der Waals surface area contributed by atoms with Crippen molar-refractivity contribution in [2.75, 3.05) is 0 Å². The molecule has 0 N–H and O–H groups in total. The molecule has 4 aromatic rings. The zero-order chi connectivity index (χ0) is 19.7. The molecule has 28 heavy (non-hydrogen) atoms. The van der Waals surface area contributed by atoms with Gasteiger partial charge in [0.15, 0.2) is 5.16 Å². The predicted molar refractivity (Wildman–Crippen MR) is 118 cm³/mol. The minimum Gasteiger partial charge on any atom is -0.268 e. The van der Waals surface area contributed by atoms with E-state index in [4.69, 9.17) is 28.2 Å². The monoisotopic (exact) mass is 426 g/mol. The topological polar surface area (TPSA) is 34.9 Å². The van der Waals surface area contributed by atoms with Gasteiger partial charge in [0, 0.05) is 10.8 Å². The van der Waals surface area contributed by atoms with Crippen LogP contribution in [0.4, 0.5) is 0 Å². The normalized spacial score (nSPS) is 11.1. The van der Waals surface area contributed by atoms with Crippen LogP contribution in [0, 0.1) is 6.92 Å². The third-order valence-corrected chi connectivity index (χ3v) is 5.91. The first kappa shape index (κ1) is 19.1. The van der Waals surface area contributed by atoms with E-state index in [9.17, 15) is 4.79 Å². The van der Waals surface area contributed by atoms with Gasteiger partial charge in [-0.2, -0.15) is 0 Å². The number of aromatic nitrogens is 2. The maximum Gasteiger partial charge on any atom is 0.266 e. The van der Waals surface area contributed by atoms with Crippen molar-refractivity contribution in [1.82, 2.24) is 9.55 Å². The SMILES string of the molecule is Cc1cccc(CSc2nc3ccccc3c(=O)n2-c2cc(Cl)ccc2Cl)c1. The minimum absolute atomic E-state index is 0.165. The summed E-state index contributed by atoms with van der Waals surface area (Å²) >= 11 is 14.1. The van der Waals surface area contributed by atoms with Gasteiger partial charge in [-0.25, -0.2) is 4.98 Å². The van der Waals surface area contributed by atoms with Gasteiger partial charge in [-0.3, -0.25) is 9.36 Å². The molecule has 0 radical (unpaired) electrons. The van der Waals surface area contributed by atoms with Gasteiger partial charge >= 0.3 is 0 Å². The maximum atomic E-state index is 13.3. The lowest BCUT2D eigenvalue weighted by Gasteiger charge is -2.15. The van der Waals surface area contributed by atoms with Crippen LogP contribution in [0.15, 0.2) is 76.7 Å². The first-order valence-corrected chi connectivity index (χ1v) is 10.4. The molecule has 0 aliphatic carbocycles. The predicted octanol–water partition coefficient (Wildman–Crippen LogP) is 6.29. The first-order valence-electron chi connectivity index (χ1n) is 8.68. The molecule has 3 nitrogen and oxygen atoms in total. The van der Waals surface area contributed by atoms with Crippen molar-refractivity contribution in [3.05, 3.63) is 98.3 Å². The zero-order valence-electron chi connectivity index (χ0n) is 15.0. The van der Waals surface area contributed by atoms with E-state index in [-0.39, 0.29) is 5.56 Å². The van der Waals surface area contributed by atoms with Gasteiger partial charge < -0.3 is 0 Å². The molecule has 0 amide bonds. The lowest BCUT2D eigenvalue weighted by atomic mass is 10.2. The molecule has 0 saturated heterocycles. The van der Waals surface area contributed by atoms with Crippen molar-refractivity contribution in [2.24, 2.45) is 0 Å². The summed E-state index contributed by atoms with van der Waals surface area (Å²) in [5, 5.41) is 2.07. The summed E-state index contributed by atoms with van der Waals surface area (Å²) in [4.78, 5) is 18.0. The van der Waals surface area contributed by atoms with Crippen LogP contribution in [0.25, 0.3) is 16.6 Å². The van der Waals surface area contributed by atoms with Crippen molar-refractivity contribution in [1.29, 1.82) is 0 Å². The Morgan fingerprint density at radius 1 is 1.00 bits per heavy atom. The molecular formula is C22H16Cl2N2OS. The van der Waals surface area contributed by atoms with Gasteiger partial charge in [0.25, 0.3) is 5.56 Å². The third kappa shape index (κ3) is 3.81. The fraction of sp³-hybridized carbons (Fsp3) is 0.0909. The number of benzene rings is 3. The summed E-state index contributed by atoms with van der Waals surface area (Å²) in [6.07, 6.45) is 0. The van der Waals surface area contributed by atoms with Crippen LogP contribution in [-0.2, 0) is 5.75 Å². The van der Waals surface area contributed by atoms with E-state index >= 15 is 0 Å². The number of fused-ring (bicyclic) bond motifs is 1. The lowest BCUT2D eigenvalue weighted by Crippen LogP contribution is -2.22. The van der Waals surface area contributed by atoms with Gasteiger partial charge in [0.2, 0.25) is 0 Å². The van der Waals surface area contributed by atoms with Gasteiger partial charge in [-0.15, -0.1) is 0 Å². The van der Waals surface area contributed by atoms with Crippen LogP contribution in [0.1, 0.15) is 11.1 Å². The highest BCUT2D eigenvalue weighted by Crippen LogP contribution is 2.29. The lowest BCUT2D eigenvalue weighted by molar-refractivity contribution is 0.820. The van der Waals surface area contributed by atoms with Gasteiger partial charge in [0.1, 0.15) is 0 Å². The second-order valence-corrected chi connectivity index (χ2v) is 8.21. The Morgan fingerprint density at radius 2 is 1.82 bits per heavy atom. The van der Waals surface area contributed by atoms with E-state index in [0.29, 0.717) is 37.5 Å². The first-order chi connectivity index (χ1) is 13.5. The Morgan fingerprint density at radius 3 is 2.64 bits per heavy atom. The molecule has 0 unspecified atom stereocenters. The third-order valence-electron chi connectivity index (χ3n) is 4.34. The number of nitrogens with zero attached hydrogens (tertiary/aromatic N) is 2. The molecule has 140 valence electrons. The average Bonchev–Trinajstić information content (AvgIpc) is 2.69. The number of thioether (sulfide) groups is 1. The van der Waals surface area contributed by atoms with E-state index in [1.165, 1.54) is 17.3 Å². The number of rotatable bonds is 4. The van der Waals surface area contributed by atoms with Crippen LogP contribution in [0.3, 0.4) is 0 Å². The largest absolute Gasteiger partial charge is 0.268 e. The Bertz CT molecular complexity index is 1240. The Labute approximate surface area is 176 Å². The van der Waals surface area contributed by atoms with E-state index in [1.54, 1.807) is 28.8 Å². The second kappa shape index (κ2) is 8.00. The van der Waals surface area contributed by atoms with Crippen LogP contribution >= 0.6 is 35.0 Å². The summed E-state index contributed by atoms with van der Waals surface area (Å²) in [7, 11) is 0. The highest BCUT2D eigenvalue weighted by Gasteiger charge is 2.16. The molecule has 0 aliphatic heterocycles. The summed E-state index contributed by atoms with van der Waals surface area (Å²) in [6, 6.07) is 20.7. The number of aryl methyl sites for hydroxylation is 1. The number of hydrogen-bond donors (Lipinski definition) is 0. The molecule has 1 aromatic heterocycles. The average molecular weight is 427 g/mol.